The lowest BCUT2D eigenvalue weighted by molar-refractivity contribution is 0.437. The summed E-state index contributed by atoms with van der Waals surface area (Å²) in [5, 5.41) is 4.54. The molecule has 3 nitrogen and oxygen atoms in total. The lowest BCUT2D eigenvalue weighted by atomic mass is 10.2. The predicted molar refractivity (Wildman–Crippen MR) is 80.1 cm³/mol. The van der Waals surface area contributed by atoms with Gasteiger partial charge in [-0.15, -0.1) is 11.8 Å². The van der Waals surface area contributed by atoms with E-state index in [2.05, 4.69) is 55.3 Å². The monoisotopic (exact) mass is 267 g/mol. The Morgan fingerprint density at radius 1 is 1.33 bits per heavy atom. The molecule has 1 aromatic rings. The highest BCUT2D eigenvalue weighted by Gasteiger charge is 1.99. The summed E-state index contributed by atoms with van der Waals surface area (Å²) in [4.78, 5) is 6.67. The van der Waals surface area contributed by atoms with Crippen LogP contribution in [0.25, 0.3) is 0 Å². The zero-order valence-corrected chi connectivity index (χ0v) is 12.8. The minimum Gasteiger partial charge on any atom is -0.312 e. The topological polar surface area (TPSA) is 28.2 Å². The van der Waals surface area contributed by atoms with Crippen LogP contribution >= 0.6 is 11.8 Å². The average Bonchev–Trinajstić information content (AvgIpc) is 2.30. The van der Waals surface area contributed by atoms with Gasteiger partial charge in [0, 0.05) is 25.0 Å². The van der Waals surface area contributed by atoms with Crippen molar-refractivity contribution in [1.29, 1.82) is 0 Å². The fourth-order valence-electron chi connectivity index (χ4n) is 1.44. The molecule has 0 aliphatic rings. The minimum absolute atomic E-state index is 0.693. The van der Waals surface area contributed by atoms with Crippen LogP contribution < -0.4 is 5.32 Å². The van der Waals surface area contributed by atoms with Gasteiger partial charge in [0.2, 0.25) is 0 Å². The zero-order valence-electron chi connectivity index (χ0n) is 11.9. The number of rotatable bonds is 8. The number of hydrogen-bond donors (Lipinski definition) is 1. The van der Waals surface area contributed by atoms with Crippen LogP contribution in [0.3, 0.4) is 0 Å². The van der Waals surface area contributed by atoms with Crippen molar-refractivity contribution >= 4 is 11.8 Å². The molecule has 0 spiro atoms. The molecule has 18 heavy (non-hydrogen) atoms. The number of hydrogen-bond acceptors (Lipinski definition) is 4. The zero-order chi connectivity index (χ0) is 13.4. The molecular formula is C14H25N3S. The standard InChI is InChI=1S/C14H25N3S/c1-12(2)9-15-10-13-5-6-14(16-11-13)18-8-7-17(3)4/h5-6,11-12,15H,7-10H2,1-4H3. The van der Waals surface area contributed by atoms with Crippen molar-refractivity contribution in [3.8, 4) is 0 Å². The van der Waals surface area contributed by atoms with Gasteiger partial charge in [-0.1, -0.05) is 19.9 Å². The van der Waals surface area contributed by atoms with Gasteiger partial charge >= 0.3 is 0 Å². The Balaban J connectivity index is 2.28. The summed E-state index contributed by atoms with van der Waals surface area (Å²) in [5.74, 6) is 1.78. The highest BCUT2D eigenvalue weighted by atomic mass is 32.2. The Kier molecular flexibility index (Phi) is 7.32. The van der Waals surface area contributed by atoms with E-state index >= 15 is 0 Å². The summed E-state index contributed by atoms with van der Waals surface area (Å²) in [5.41, 5.74) is 1.26. The van der Waals surface area contributed by atoms with E-state index in [0.29, 0.717) is 5.92 Å². The van der Waals surface area contributed by atoms with E-state index in [1.165, 1.54) is 5.56 Å². The van der Waals surface area contributed by atoms with Crippen LogP contribution in [0.5, 0.6) is 0 Å². The van der Waals surface area contributed by atoms with Crippen molar-refractivity contribution in [1.82, 2.24) is 15.2 Å². The molecule has 0 fully saturated rings. The first-order valence-electron chi connectivity index (χ1n) is 6.51. The fraction of sp³-hybridized carbons (Fsp3) is 0.643. The summed E-state index contributed by atoms with van der Waals surface area (Å²) in [6.45, 7) is 7.49. The van der Waals surface area contributed by atoms with Crippen LogP contribution in [-0.4, -0.2) is 42.8 Å². The van der Waals surface area contributed by atoms with Gasteiger partial charge in [-0.3, -0.25) is 0 Å². The van der Waals surface area contributed by atoms with Crippen molar-refractivity contribution in [2.75, 3.05) is 32.9 Å². The first kappa shape index (κ1) is 15.5. The Morgan fingerprint density at radius 2 is 2.11 bits per heavy atom. The Morgan fingerprint density at radius 3 is 2.67 bits per heavy atom. The number of pyridine rings is 1. The third-order valence-electron chi connectivity index (χ3n) is 2.47. The molecule has 0 aliphatic carbocycles. The van der Waals surface area contributed by atoms with Crippen LogP contribution in [0.4, 0.5) is 0 Å². The second-order valence-electron chi connectivity index (χ2n) is 5.18. The number of thioether (sulfide) groups is 1. The van der Waals surface area contributed by atoms with E-state index in [1.807, 2.05) is 18.0 Å². The third-order valence-corrected chi connectivity index (χ3v) is 3.39. The maximum absolute atomic E-state index is 4.48. The Labute approximate surface area is 115 Å². The Bertz CT molecular complexity index is 289. The van der Waals surface area contributed by atoms with E-state index < -0.39 is 0 Å². The van der Waals surface area contributed by atoms with Crippen LogP contribution in [0, 0.1) is 5.92 Å². The summed E-state index contributed by atoms with van der Waals surface area (Å²) < 4.78 is 0. The van der Waals surface area contributed by atoms with Crippen molar-refractivity contribution < 1.29 is 0 Å². The molecule has 0 bridgehead atoms. The molecule has 1 aromatic heterocycles. The SMILES string of the molecule is CC(C)CNCc1ccc(SCCN(C)C)nc1. The molecule has 1 N–H and O–H groups in total. The molecule has 0 atom stereocenters. The van der Waals surface area contributed by atoms with Gasteiger partial charge in [-0.05, 0) is 38.2 Å². The second-order valence-corrected chi connectivity index (χ2v) is 6.30. The molecule has 102 valence electrons. The lowest BCUT2D eigenvalue weighted by Gasteiger charge is -2.09. The van der Waals surface area contributed by atoms with E-state index in [1.54, 1.807) is 0 Å². The largest absolute Gasteiger partial charge is 0.312 e. The maximum Gasteiger partial charge on any atom is 0.0960 e. The van der Waals surface area contributed by atoms with Crippen LogP contribution in [0.15, 0.2) is 23.4 Å². The number of aromatic nitrogens is 1. The van der Waals surface area contributed by atoms with Gasteiger partial charge in [0.1, 0.15) is 0 Å². The minimum atomic E-state index is 0.693. The molecule has 1 heterocycles. The molecular weight excluding hydrogens is 242 g/mol. The molecule has 0 unspecified atom stereocenters. The molecule has 0 amide bonds. The summed E-state index contributed by atoms with van der Waals surface area (Å²) in [6, 6.07) is 4.28. The molecule has 0 aromatic carbocycles. The van der Waals surface area contributed by atoms with Gasteiger partial charge in [0.15, 0.2) is 0 Å². The number of nitrogens with zero attached hydrogens (tertiary/aromatic N) is 2. The molecule has 0 aliphatic heterocycles. The smallest absolute Gasteiger partial charge is 0.0960 e. The molecule has 0 radical (unpaired) electrons. The first-order chi connectivity index (χ1) is 8.58. The van der Waals surface area contributed by atoms with E-state index in [4.69, 9.17) is 0 Å². The van der Waals surface area contributed by atoms with E-state index in [-0.39, 0.29) is 0 Å². The fourth-order valence-corrected chi connectivity index (χ4v) is 2.40. The van der Waals surface area contributed by atoms with Gasteiger partial charge in [0.05, 0.1) is 5.03 Å². The van der Waals surface area contributed by atoms with Crippen molar-refractivity contribution in [3.05, 3.63) is 23.9 Å². The van der Waals surface area contributed by atoms with Crippen molar-refractivity contribution in [3.63, 3.8) is 0 Å². The highest BCUT2D eigenvalue weighted by Crippen LogP contribution is 2.14. The molecule has 0 saturated heterocycles. The normalized spacial score (nSPS) is 11.4. The second kappa shape index (κ2) is 8.51. The van der Waals surface area contributed by atoms with Gasteiger partial charge in [-0.25, -0.2) is 4.98 Å². The first-order valence-corrected chi connectivity index (χ1v) is 7.49. The maximum atomic E-state index is 4.48. The van der Waals surface area contributed by atoms with Crippen LogP contribution in [-0.2, 0) is 6.54 Å². The Hall–Kier alpha value is -0.580. The quantitative estimate of drug-likeness (QED) is 0.733. The summed E-state index contributed by atoms with van der Waals surface area (Å²) in [6.07, 6.45) is 1.98. The predicted octanol–water partition coefficient (Wildman–Crippen LogP) is 2.48. The highest BCUT2D eigenvalue weighted by molar-refractivity contribution is 7.99. The average molecular weight is 267 g/mol. The van der Waals surface area contributed by atoms with E-state index in [9.17, 15) is 0 Å². The van der Waals surface area contributed by atoms with E-state index in [0.717, 1.165) is 30.4 Å². The molecule has 0 saturated carbocycles. The molecule has 4 heteroatoms. The van der Waals surface area contributed by atoms with Gasteiger partial charge in [0.25, 0.3) is 0 Å². The van der Waals surface area contributed by atoms with Crippen molar-refractivity contribution in [2.24, 2.45) is 5.92 Å². The summed E-state index contributed by atoms with van der Waals surface area (Å²) >= 11 is 1.81. The van der Waals surface area contributed by atoms with Crippen LogP contribution in [0.2, 0.25) is 0 Å². The van der Waals surface area contributed by atoms with Gasteiger partial charge < -0.3 is 10.2 Å². The number of nitrogens with one attached hydrogen (secondary N) is 1. The lowest BCUT2D eigenvalue weighted by Crippen LogP contribution is -2.19. The van der Waals surface area contributed by atoms with Crippen LogP contribution in [0.1, 0.15) is 19.4 Å². The van der Waals surface area contributed by atoms with Crippen molar-refractivity contribution in [2.45, 2.75) is 25.4 Å². The molecule has 1 rings (SSSR count). The van der Waals surface area contributed by atoms with Gasteiger partial charge in [-0.2, -0.15) is 0 Å². The third kappa shape index (κ3) is 6.99. The summed E-state index contributed by atoms with van der Waals surface area (Å²) in [7, 11) is 4.19.